The molecule has 0 saturated carbocycles. The van der Waals surface area contributed by atoms with Gasteiger partial charge in [-0.15, -0.1) is 11.3 Å². The molecule has 0 amide bonds. The van der Waals surface area contributed by atoms with Crippen LogP contribution in [0.15, 0.2) is 34.6 Å². The largest absolute Gasteiger partial charge is 0.480 e. The predicted molar refractivity (Wildman–Crippen MR) is 64.7 cm³/mol. The van der Waals surface area contributed by atoms with Gasteiger partial charge < -0.3 is 9.51 Å². The second-order valence-electron chi connectivity index (χ2n) is 3.66. The fourth-order valence-electron chi connectivity index (χ4n) is 1.95. The number of carboxylic acids is 1. The zero-order chi connectivity index (χ0) is 12.0. The van der Waals surface area contributed by atoms with Crippen LogP contribution in [0.5, 0.6) is 0 Å². The predicted octanol–water partition coefficient (Wildman–Crippen LogP) is 1.40. The Balaban J connectivity index is 2.51. The minimum Gasteiger partial charge on any atom is -0.480 e. The van der Waals surface area contributed by atoms with Crippen molar-refractivity contribution in [1.29, 1.82) is 0 Å². The first-order valence-corrected chi connectivity index (χ1v) is 5.85. The molecular formula is C11H8N2O3S. The number of fused-ring (bicyclic) bond motifs is 3. The molecule has 3 heterocycles. The van der Waals surface area contributed by atoms with Crippen molar-refractivity contribution in [2.75, 3.05) is 0 Å². The van der Waals surface area contributed by atoms with Crippen molar-refractivity contribution in [2.45, 2.75) is 6.54 Å². The van der Waals surface area contributed by atoms with Crippen LogP contribution in [0.3, 0.4) is 0 Å². The molecule has 0 aliphatic heterocycles. The normalized spacial score (nSPS) is 11.3. The van der Waals surface area contributed by atoms with E-state index in [4.69, 9.17) is 5.11 Å². The Morgan fingerprint density at radius 3 is 2.94 bits per heavy atom. The molecule has 0 aliphatic rings. The molecular weight excluding hydrogens is 240 g/mol. The van der Waals surface area contributed by atoms with Gasteiger partial charge in [0, 0.05) is 6.20 Å². The van der Waals surface area contributed by atoms with Crippen LogP contribution in [0.4, 0.5) is 0 Å². The van der Waals surface area contributed by atoms with E-state index in [-0.39, 0.29) is 12.1 Å². The number of aliphatic carboxylic acids is 1. The number of hydrogen-bond acceptors (Lipinski definition) is 3. The lowest BCUT2D eigenvalue weighted by Gasteiger charge is -2.06. The van der Waals surface area contributed by atoms with Gasteiger partial charge in [-0.2, -0.15) is 0 Å². The number of thiophene rings is 1. The van der Waals surface area contributed by atoms with E-state index in [2.05, 4.69) is 0 Å². The van der Waals surface area contributed by atoms with Gasteiger partial charge in [-0.05, 0) is 23.6 Å². The van der Waals surface area contributed by atoms with Crippen molar-refractivity contribution < 1.29 is 9.90 Å². The molecule has 0 aliphatic carbocycles. The average Bonchev–Trinajstić information content (AvgIpc) is 2.90. The number of carboxylic acid groups (broad SMARTS) is 1. The fourth-order valence-corrected chi connectivity index (χ4v) is 2.84. The van der Waals surface area contributed by atoms with Crippen LogP contribution >= 0.6 is 11.3 Å². The third-order valence-corrected chi connectivity index (χ3v) is 3.56. The van der Waals surface area contributed by atoms with Crippen molar-refractivity contribution >= 4 is 33.2 Å². The summed E-state index contributed by atoms with van der Waals surface area (Å²) in [7, 11) is 0. The molecule has 6 heteroatoms. The summed E-state index contributed by atoms with van der Waals surface area (Å²) in [4.78, 5) is 23.6. The zero-order valence-corrected chi connectivity index (χ0v) is 9.48. The molecule has 0 atom stereocenters. The lowest BCUT2D eigenvalue weighted by atomic mass is 10.4. The van der Waals surface area contributed by atoms with Crippen LogP contribution in [0.2, 0.25) is 0 Å². The van der Waals surface area contributed by atoms with Gasteiger partial charge in [-0.3, -0.25) is 14.2 Å². The Bertz CT molecular complexity index is 781. The second-order valence-corrected chi connectivity index (χ2v) is 4.55. The van der Waals surface area contributed by atoms with E-state index in [1.165, 1.54) is 15.9 Å². The number of aromatic nitrogens is 2. The smallest absolute Gasteiger partial charge is 0.323 e. The lowest BCUT2D eigenvalue weighted by molar-refractivity contribution is -0.137. The summed E-state index contributed by atoms with van der Waals surface area (Å²) in [6.07, 6.45) is 1.80. The molecule has 3 rings (SSSR count). The molecule has 17 heavy (non-hydrogen) atoms. The van der Waals surface area contributed by atoms with E-state index in [9.17, 15) is 9.59 Å². The molecule has 3 aromatic heterocycles. The summed E-state index contributed by atoms with van der Waals surface area (Å²) >= 11 is 1.37. The highest BCUT2D eigenvalue weighted by molar-refractivity contribution is 7.16. The van der Waals surface area contributed by atoms with E-state index in [0.29, 0.717) is 10.3 Å². The van der Waals surface area contributed by atoms with Gasteiger partial charge in [-0.25, -0.2) is 0 Å². The summed E-state index contributed by atoms with van der Waals surface area (Å²) < 4.78 is 3.09. The standard InChI is InChI=1S/C11H8N2O3S/c14-9(15)6-13-10(16)7-2-1-4-12(7)8-3-5-17-11(8)13/h1-5H,6H2,(H,14,15). The molecule has 0 aromatic carbocycles. The van der Waals surface area contributed by atoms with Crippen LogP contribution in [-0.4, -0.2) is 20.0 Å². The summed E-state index contributed by atoms with van der Waals surface area (Å²) in [5, 5.41) is 10.7. The van der Waals surface area contributed by atoms with Crippen molar-refractivity contribution in [3.63, 3.8) is 0 Å². The van der Waals surface area contributed by atoms with E-state index < -0.39 is 5.97 Å². The van der Waals surface area contributed by atoms with Crippen LogP contribution in [0.1, 0.15) is 0 Å². The first kappa shape index (κ1) is 10.1. The van der Waals surface area contributed by atoms with E-state index in [1.54, 1.807) is 22.7 Å². The maximum atomic E-state index is 12.1. The Morgan fingerprint density at radius 1 is 1.35 bits per heavy atom. The Labute approximate surface area is 99.1 Å². The lowest BCUT2D eigenvalue weighted by Crippen LogP contribution is -2.25. The van der Waals surface area contributed by atoms with Gasteiger partial charge in [0.15, 0.2) is 0 Å². The minimum absolute atomic E-state index is 0.271. The molecule has 3 aromatic rings. The molecule has 86 valence electrons. The van der Waals surface area contributed by atoms with Gasteiger partial charge >= 0.3 is 5.97 Å². The van der Waals surface area contributed by atoms with Crippen LogP contribution in [0.25, 0.3) is 15.9 Å². The third kappa shape index (κ3) is 1.38. The quantitative estimate of drug-likeness (QED) is 0.745. The number of nitrogens with zero attached hydrogens (tertiary/aromatic N) is 2. The molecule has 5 nitrogen and oxygen atoms in total. The maximum absolute atomic E-state index is 12.1. The van der Waals surface area contributed by atoms with E-state index in [1.807, 2.05) is 11.4 Å². The first-order valence-electron chi connectivity index (χ1n) is 4.97. The molecule has 0 spiro atoms. The highest BCUT2D eigenvalue weighted by atomic mass is 32.1. The summed E-state index contributed by atoms with van der Waals surface area (Å²) in [6.45, 7) is -0.308. The molecule has 0 fully saturated rings. The van der Waals surface area contributed by atoms with Crippen molar-refractivity contribution in [1.82, 2.24) is 8.97 Å². The van der Waals surface area contributed by atoms with Crippen molar-refractivity contribution in [2.24, 2.45) is 0 Å². The highest BCUT2D eigenvalue weighted by Crippen LogP contribution is 2.20. The Hall–Kier alpha value is -2.08. The van der Waals surface area contributed by atoms with Gasteiger partial charge in [0.05, 0.1) is 5.52 Å². The first-order chi connectivity index (χ1) is 8.18. The monoisotopic (exact) mass is 248 g/mol. The van der Waals surface area contributed by atoms with E-state index >= 15 is 0 Å². The number of carbonyl (C=O) groups is 1. The molecule has 0 saturated heterocycles. The van der Waals surface area contributed by atoms with Gasteiger partial charge in [0.25, 0.3) is 5.56 Å². The topological polar surface area (TPSA) is 63.7 Å². The fraction of sp³-hybridized carbons (Fsp3) is 0.0909. The van der Waals surface area contributed by atoms with Crippen LogP contribution in [-0.2, 0) is 11.3 Å². The Morgan fingerprint density at radius 2 is 2.18 bits per heavy atom. The summed E-state index contributed by atoms with van der Waals surface area (Å²) in [5.74, 6) is -1.02. The highest BCUT2D eigenvalue weighted by Gasteiger charge is 2.13. The second kappa shape index (κ2) is 3.46. The van der Waals surface area contributed by atoms with Crippen molar-refractivity contribution in [3.8, 4) is 0 Å². The summed E-state index contributed by atoms with van der Waals surface area (Å²) in [6, 6.07) is 5.35. The molecule has 0 bridgehead atoms. The number of rotatable bonds is 2. The SMILES string of the molecule is O=C(O)Cn1c(=O)c2cccn2c2ccsc21. The zero-order valence-electron chi connectivity index (χ0n) is 8.66. The molecule has 0 radical (unpaired) electrons. The summed E-state index contributed by atoms with van der Waals surface area (Å²) in [5.41, 5.74) is 1.08. The molecule has 0 unspecified atom stereocenters. The number of hydrogen-bond donors (Lipinski definition) is 1. The van der Waals surface area contributed by atoms with Gasteiger partial charge in [0.1, 0.15) is 16.9 Å². The minimum atomic E-state index is -1.02. The maximum Gasteiger partial charge on any atom is 0.323 e. The van der Waals surface area contributed by atoms with Crippen molar-refractivity contribution in [3.05, 3.63) is 40.1 Å². The average molecular weight is 248 g/mol. The van der Waals surface area contributed by atoms with Gasteiger partial charge in [-0.1, -0.05) is 0 Å². The van der Waals surface area contributed by atoms with Gasteiger partial charge in [0.2, 0.25) is 0 Å². The molecule has 1 N–H and O–H groups in total. The van der Waals surface area contributed by atoms with Crippen LogP contribution in [0, 0.1) is 0 Å². The van der Waals surface area contributed by atoms with E-state index in [0.717, 1.165) is 5.52 Å². The Kier molecular flexibility index (Phi) is 2.05. The van der Waals surface area contributed by atoms with Crippen LogP contribution < -0.4 is 5.56 Å². The third-order valence-electron chi connectivity index (χ3n) is 2.64.